The number of anilines is 2. The fourth-order valence-electron chi connectivity index (χ4n) is 3.45. The molecule has 4 rings (SSSR count). The summed E-state index contributed by atoms with van der Waals surface area (Å²) in [5.41, 5.74) is 2.41. The predicted molar refractivity (Wildman–Crippen MR) is 113 cm³/mol. The first-order valence-electron chi connectivity index (χ1n) is 9.71. The Balaban J connectivity index is 1.36. The first-order valence-corrected chi connectivity index (χ1v) is 9.71. The second-order valence-electron chi connectivity index (χ2n) is 7.11. The third-order valence-electron chi connectivity index (χ3n) is 5.06. The summed E-state index contributed by atoms with van der Waals surface area (Å²) >= 11 is 0. The normalized spacial score (nSPS) is 14.6. The molecule has 6 heteroatoms. The van der Waals surface area contributed by atoms with Crippen molar-refractivity contribution in [2.24, 2.45) is 0 Å². The molecule has 1 aliphatic rings. The minimum atomic E-state index is -0.333. The first-order chi connectivity index (χ1) is 14.2. The molecule has 1 saturated heterocycles. The number of amides is 1. The van der Waals surface area contributed by atoms with Crippen molar-refractivity contribution in [1.82, 2.24) is 9.88 Å². The van der Waals surface area contributed by atoms with Gasteiger partial charge in [0.15, 0.2) is 0 Å². The van der Waals surface area contributed by atoms with Crippen molar-refractivity contribution in [3.8, 4) is 0 Å². The van der Waals surface area contributed by atoms with Crippen LogP contribution in [-0.2, 0) is 6.54 Å². The molecular formula is C23H23FN4O. The molecule has 0 radical (unpaired) electrons. The van der Waals surface area contributed by atoms with Gasteiger partial charge in [-0.05, 0) is 42.0 Å². The smallest absolute Gasteiger partial charge is 0.255 e. The van der Waals surface area contributed by atoms with Gasteiger partial charge in [-0.1, -0.05) is 30.3 Å². The van der Waals surface area contributed by atoms with Crippen LogP contribution in [0, 0.1) is 5.82 Å². The molecule has 1 fully saturated rings. The fraction of sp³-hybridized carbons (Fsp3) is 0.217. The maximum Gasteiger partial charge on any atom is 0.255 e. The van der Waals surface area contributed by atoms with Crippen LogP contribution in [0.2, 0.25) is 0 Å². The zero-order valence-electron chi connectivity index (χ0n) is 16.1. The predicted octanol–water partition coefficient (Wildman–Crippen LogP) is 3.80. The van der Waals surface area contributed by atoms with Crippen molar-refractivity contribution >= 4 is 17.4 Å². The number of carbonyl (C=O) groups excluding carboxylic acids is 1. The number of benzene rings is 2. The van der Waals surface area contributed by atoms with Gasteiger partial charge in [-0.25, -0.2) is 9.37 Å². The van der Waals surface area contributed by atoms with E-state index in [-0.39, 0.29) is 11.7 Å². The van der Waals surface area contributed by atoms with E-state index in [1.807, 2.05) is 12.1 Å². The highest BCUT2D eigenvalue weighted by Crippen LogP contribution is 2.18. The van der Waals surface area contributed by atoms with Gasteiger partial charge < -0.3 is 10.2 Å². The molecule has 0 atom stereocenters. The van der Waals surface area contributed by atoms with Gasteiger partial charge in [-0.3, -0.25) is 9.69 Å². The Bertz CT molecular complexity index is 954. The van der Waals surface area contributed by atoms with E-state index < -0.39 is 0 Å². The topological polar surface area (TPSA) is 48.5 Å². The molecule has 0 saturated carbocycles. The van der Waals surface area contributed by atoms with E-state index in [4.69, 9.17) is 0 Å². The standard InChI is InChI=1S/C23H23FN4O/c24-20-6-8-21(9-7-20)26-23(29)19-10-11-25-22(16-19)28-14-12-27(13-15-28)17-18-4-2-1-3-5-18/h1-11,16H,12-15,17H2,(H,26,29). The third kappa shape index (κ3) is 4.97. The number of rotatable bonds is 5. The highest BCUT2D eigenvalue weighted by molar-refractivity contribution is 6.04. The Morgan fingerprint density at radius 2 is 1.69 bits per heavy atom. The number of piperazine rings is 1. The van der Waals surface area contributed by atoms with Crippen LogP contribution in [0.1, 0.15) is 15.9 Å². The molecule has 29 heavy (non-hydrogen) atoms. The van der Waals surface area contributed by atoms with Crippen LogP contribution in [0.15, 0.2) is 72.9 Å². The Labute approximate surface area is 169 Å². The fourth-order valence-corrected chi connectivity index (χ4v) is 3.45. The van der Waals surface area contributed by atoms with Gasteiger partial charge in [0, 0.05) is 50.2 Å². The number of aromatic nitrogens is 1. The summed E-state index contributed by atoms with van der Waals surface area (Å²) in [6.07, 6.45) is 1.66. The van der Waals surface area contributed by atoms with Crippen LogP contribution >= 0.6 is 0 Å². The number of carbonyl (C=O) groups is 1. The van der Waals surface area contributed by atoms with Crippen LogP contribution in [0.5, 0.6) is 0 Å². The summed E-state index contributed by atoms with van der Waals surface area (Å²) in [6, 6.07) is 19.7. The van der Waals surface area contributed by atoms with E-state index in [0.29, 0.717) is 11.3 Å². The first kappa shape index (κ1) is 19.1. The SMILES string of the molecule is O=C(Nc1ccc(F)cc1)c1ccnc(N2CCN(Cc3ccccc3)CC2)c1. The minimum absolute atomic E-state index is 0.233. The number of nitrogens with zero attached hydrogens (tertiary/aromatic N) is 3. The number of nitrogens with one attached hydrogen (secondary N) is 1. The molecule has 3 aromatic rings. The molecule has 148 valence electrons. The molecular weight excluding hydrogens is 367 g/mol. The molecule has 0 bridgehead atoms. The highest BCUT2D eigenvalue weighted by atomic mass is 19.1. The quantitative estimate of drug-likeness (QED) is 0.720. The second-order valence-corrected chi connectivity index (χ2v) is 7.11. The summed E-state index contributed by atoms with van der Waals surface area (Å²) in [5, 5.41) is 2.79. The Morgan fingerprint density at radius 1 is 0.966 bits per heavy atom. The Morgan fingerprint density at radius 3 is 2.41 bits per heavy atom. The molecule has 1 aliphatic heterocycles. The van der Waals surface area contributed by atoms with Crippen molar-refractivity contribution in [3.63, 3.8) is 0 Å². The molecule has 1 N–H and O–H groups in total. The molecule has 5 nitrogen and oxygen atoms in total. The van der Waals surface area contributed by atoms with Gasteiger partial charge >= 0.3 is 0 Å². The van der Waals surface area contributed by atoms with Crippen LogP contribution in [0.25, 0.3) is 0 Å². The monoisotopic (exact) mass is 390 g/mol. The van der Waals surface area contributed by atoms with E-state index >= 15 is 0 Å². The summed E-state index contributed by atoms with van der Waals surface area (Å²) in [6.45, 7) is 4.57. The van der Waals surface area contributed by atoms with E-state index in [2.05, 4.69) is 44.4 Å². The van der Waals surface area contributed by atoms with E-state index in [1.165, 1.54) is 17.7 Å². The molecule has 2 heterocycles. The van der Waals surface area contributed by atoms with Crippen molar-refractivity contribution in [3.05, 3.63) is 89.9 Å². The molecule has 0 unspecified atom stereocenters. The van der Waals surface area contributed by atoms with Gasteiger partial charge in [-0.15, -0.1) is 0 Å². The average molecular weight is 390 g/mol. The van der Waals surface area contributed by atoms with Crippen LogP contribution in [-0.4, -0.2) is 42.0 Å². The number of pyridine rings is 1. The lowest BCUT2D eigenvalue weighted by molar-refractivity contribution is 0.102. The van der Waals surface area contributed by atoms with Crippen LogP contribution in [0.3, 0.4) is 0 Å². The lowest BCUT2D eigenvalue weighted by atomic mass is 10.2. The van der Waals surface area contributed by atoms with Crippen molar-refractivity contribution < 1.29 is 9.18 Å². The minimum Gasteiger partial charge on any atom is -0.354 e. The largest absolute Gasteiger partial charge is 0.354 e. The van der Waals surface area contributed by atoms with E-state index in [0.717, 1.165) is 38.5 Å². The van der Waals surface area contributed by atoms with Gasteiger partial charge in [0.1, 0.15) is 11.6 Å². The lowest BCUT2D eigenvalue weighted by Gasteiger charge is -2.35. The molecule has 2 aromatic carbocycles. The zero-order chi connectivity index (χ0) is 20.1. The molecule has 0 spiro atoms. The maximum absolute atomic E-state index is 13.0. The summed E-state index contributed by atoms with van der Waals surface area (Å²) < 4.78 is 13.0. The lowest BCUT2D eigenvalue weighted by Crippen LogP contribution is -2.46. The molecule has 1 amide bonds. The van der Waals surface area contributed by atoms with E-state index in [9.17, 15) is 9.18 Å². The third-order valence-corrected chi connectivity index (χ3v) is 5.06. The summed E-state index contributed by atoms with van der Waals surface area (Å²) in [5.74, 6) is 0.236. The van der Waals surface area contributed by atoms with Gasteiger partial charge in [0.2, 0.25) is 0 Å². The summed E-state index contributed by atoms with van der Waals surface area (Å²) in [7, 11) is 0. The number of hydrogen-bond donors (Lipinski definition) is 1. The Kier molecular flexibility index (Phi) is 5.81. The van der Waals surface area contributed by atoms with Gasteiger partial charge in [0.05, 0.1) is 0 Å². The summed E-state index contributed by atoms with van der Waals surface area (Å²) in [4.78, 5) is 21.6. The number of hydrogen-bond acceptors (Lipinski definition) is 4. The van der Waals surface area contributed by atoms with Crippen molar-refractivity contribution in [1.29, 1.82) is 0 Å². The van der Waals surface area contributed by atoms with Crippen LogP contribution in [0.4, 0.5) is 15.9 Å². The van der Waals surface area contributed by atoms with Crippen molar-refractivity contribution in [2.45, 2.75) is 6.54 Å². The highest BCUT2D eigenvalue weighted by Gasteiger charge is 2.19. The molecule has 0 aliphatic carbocycles. The van der Waals surface area contributed by atoms with Crippen molar-refractivity contribution in [2.75, 3.05) is 36.4 Å². The van der Waals surface area contributed by atoms with Gasteiger partial charge in [-0.2, -0.15) is 0 Å². The second kappa shape index (κ2) is 8.84. The average Bonchev–Trinajstić information content (AvgIpc) is 2.77. The van der Waals surface area contributed by atoms with Crippen LogP contribution < -0.4 is 10.2 Å². The maximum atomic E-state index is 13.0. The number of halogens is 1. The van der Waals surface area contributed by atoms with Gasteiger partial charge in [0.25, 0.3) is 5.91 Å². The Hall–Kier alpha value is -3.25. The zero-order valence-corrected chi connectivity index (χ0v) is 16.1. The molecule has 1 aromatic heterocycles. The van der Waals surface area contributed by atoms with E-state index in [1.54, 1.807) is 24.4 Å².